The standard InChI is InChI=1S/C19H18F3N3O/c1-2-4-16(12-7-9-13(10-8-12)19(20,21)22)25-11-24-15-6-3-5-14(17(15)25)18(23)26/h3,5-11,16H,2,4H2,1H3,(H2,23,26)/t16-/m0/s1. The second-order valence-corrected chi connectivity index (χ2v) is 6.11. The normalized spacial score (nSPS) is 13.1. The van der Waals surface area contributed by atoms with Crippen molar-refractivity contribution in [1.82, 2.24) is 9.55 Å². The first-order valence-electron chi connectivity index (χ1n) is 8.25. The fraction of sp³-hybridized carbons (Fsp3) is 0.263. The summed E-state index contributed by atoms with van der Waals surface area (Å²) in [5.74, 6) is -0.569. The number of rotatable bonds is 5. The first-order chi connectivity index (χ1) is 12.3. The molecule has 0 aliphatic rings. The van der Waals surface area contributed by atoms with Crippen molar-refractivity contribution in [3.8, 4) is 0 Å². The van der Waals surface area contributed by atoms with Crippen molar-refractivity contribution in [2.24, 2.45) is 5.73 Å². The molecule has 0 bridgehead atoms. The molecule has 0 fully saturated rings. The zero-order valence-electron chi connectivity index (χ0n) is 14.1. The molecule has 3 rings (SSSR count). The Hall–Kier alpha value is -2.83. The number of imidazole rings is 1. The van der Waals surface area contributed by atoms with E-state index in [1.807, 2.05) is 11.5 Å². The molecule has 7 heteroatoms. The van der Waals surface area contributed by atoms with E-state index in [1.54, 1.807) is 24.5 Å². The van der Waals surface area contributed by atoms with Crippen LogP contribution in [0.25, 0.3) is 11.0 Å². The number of amides is 1. The molecule has 0 aliphatic heterocycles. The van der Waals surface area contributed by atoms with Crippen LogP contribution in [0.4, 0.5) is 13.2 Å². The van der Waals surface area contributed by atoms with Crippen molar-refractivity contribution >= 4 is 16.9 Å². The molecule has 0 radical (unpaired) electrons. The Kier molecular flexibility index (Phi) is 4.71. The molecule has 136 valence electrons. The van der Waals surface area contributed by atoms with Gasteiger partial charge >= 0.3 is 6.18 Å². The summed E-state index contributed by atoms with van der Waals surface area (Å²) in [4.78, 5) is 16.1. The van der Waals surface area contributed by atoms with Crippen molar-refractivity contribution in [1.29, 1.82) is 0 Å². The van der Waals surface area contributed by atoms with Gasteiger partial charge in [-0.2, -0.15) is 13.2 Å². The number of fused-ring (bicyclic) bond motifs is 1. The first-order valence-corrected chi connectivity index (χ1v) is 8.25. The molecule has 2 N–H and O–H groups in total. The molecule has 0 aliphatic carbocycles. The van der Waals surface area contributed by atoms with Crippen LogP contribution >= 0.6 is 0 Å². The third kappa shape index (κ3) is 3.29. The smallest absolute Gasteiger partial charge is 0.366 e. The highest BCUT2D eigenvalue weighted by Crippen LogP contribution is 2.33. The van der Waals surface area contributed by atoms with Crippen LogP contribution in [0.15, 0.2) is 48.8 Å². The van der Waals surface area contributed by atoms with E-state index >= 15 is 0 Å². The maximum absolute atomic E-state index is 12.8. The Bertz CT molecular complexity index is 929. The second-order valence-electron chi connectivity index (χ2n) is 6.11. The SMILES string of the molecule is CCC[C@@H](c1ccc(C(F)(F)F)cc1)n1cnc2cccc(C(N)=O)c21. The molecular formula is C19H18F3N3O. The zero-order valence-corrected chi connectivity index (χ0v) is 14.1. The molecule has 1 aromatic heterocycles. The third-order valence-electron chi connectivity index (χ3n) is 4.38. The van der Waals surface area contributed by atoms with Gasteiger partial charge in [-0.05, 0) is 36.2 Å². The van der Waals surface area contributed by atoms with Crippen LogP contribution in [0.1, 0.15) is 47.3 Å². The number of nitrogens with two attached hydrogens (primary N) is 1. The molecule has 2 aromatic carbocycles. The minimum Gasteiger partial charge on any atom is -0.366 e. The molecular weight excluding hydrogens is 343 g/mol. The van der Waals surface area contributed by atoms with Gasteiger partial charge < -0.3 is 10.3 Å². The van der Waals surface area contributed by atoms with Crippen LogP contribution in [0, 0.1) is 0 Å². The van der Waals surface area contributed by atoms with Crippen molar-refractivity contribution in [3.05, 3.63) is 65.5 Å². The molecule has 0 saturated heterocycles. The van der Waals surface area contributed by atoms with Gasteiger partial charge in [0.05, 0.1) is 34.5 Å². The number of primary amides is 1. The molecule has 4 nitrogen and oxygen atoms in total. The summed E-state index contributed by atoms with van der Waals surface area (Å²) in [7, 11) is 0. The molecule has 1 amide bonds. The predicted molar refractivity (Wildman–Crippen MR) is 92.7 cm³/mol. The van der Waals surface area contributed by atoms with Gasteiger partial charge in [-0.3, -0.25) is 4.79 Å². The fourth-order valence-electron chi connectivity index (χ4n) is 3.16. The lowest BCUT2D eigenvalue weighted by Crippen LogP contribution is -2.16. The Morgan fingerprint density at radius 3 is 2.46 bits per heavy atom. The fourth-order valence-corrected chi connectivity index (χ4v) is 3.16. The third-order valence-corrected chi connectivity index (χ3v) is 4.38. The molecule has 0 saturated carbocycles. The van der Waals surface area contributed by atoms with Gasteiger partial charge in [-0.1, -0.05) is 31.5 Å². The predicted octanol–water partition coefficient (Wildman–Crippen LogP) is 4.54. The van der Waals surface area contributed by atoms with Crippen LogP contribution < -0.4 is 5.73 Å². The highest BCUT2D eigenvalue weighted by molar-refractivity contribution is 6.04. The van der Waals surface area contributed by atoms with Crippen molar-refractivity contribution < 1.29 is 18.0 Å². The Morgan fingerprint density at radius 2 is 1.88 bits per heavy atom. The summed E-state index contributed by atoms with van der Waals surface area (Å²) in [5, 5.41) is 0. The first kappa shape index (κ1) is 18.0. The summed E-state index contributed by atoms with van der Waals surface area (Å²) in [6.07, 6.45) is -1.28. The number of aromatic nitrogens is 2. The number of alkyl halides is 3. The monoisotopic (exact) mass is 361 g/mol. The Balaban J connectivity index is 2.12. The maximum atomic E-state index is 12.8. The Labute approximate surface area is 148 Å². The van der Waals surface area contributed by atoms with Crippen LogP contribution in [-0.2, 0) is 6.18 Å². The van der Waals surface area contributed by atoms with Crippen LogP contribution in [0.3, 0.4) is 0 Å². The van der Waals surface area contributed by atoms with Gasteiger partial charge in [-0.15, -0.1) is 0 Å². The average Bonchev–Trinajstić information content (AvgIpc) is 3.02. The van der Waals surface area contributed by atoms with Crippen LogP contribution in [0.5, 0.6) is 0 Å². The number of hydrogen-bond donors (Lipinski definition) is 1. The summed E-state index contributed by atoms with van der Waals surface area (Å²) in [6, 6.07) is 9.95. The van der Waals surface area contributed by atoms with Crippen LogP contribution in [0.2, 0.25) is 0 Å². The van der Waals surface area contributed by atoms with E-state index in [9.17, 15) is 18.0 Å². The molecule has 3 aromatic rings. The molecule has 0 spiro atoms. The molecule has 1 heterocycles. The molecule has 0 unspecified atom stereocenters. The van der Waals surface area contributed by atoms with E-state index in [4.69, 9.17) is 5.73 Å². The maximum Gasteiger partial charge on any atom is 0.416 e. The van der Waals surface area contributed by atoms with Gasteiger partial charge in [0.2, 0.25) is 0 Å². The van der Waals surface area contributed by atoms with Gasteiger partial charge in [0.15, 0.2) is 0 Å². The quantitative estimate of drug-likeness (QED) is 0.725. The number of halogens is 3. The van der Waals surface area contributed by atoms with Gasteiger partial charge in [0.25, 0.3) is 5.91 Å². The van der Waals surface area contributed by atoms with E-state index in [1.165, 1.54) is 12.1 Å². The van der Waals surface area contributed by atoms with E-state index < -0.39 is 17.6 Å². The number of hydrogen-bond acceptors (Lipinski definition) is 2. The largest absolute Gasteiger partial charge is 0.416 e. The number of carbonyl (C=O) groups is 1. The van der Waals surface area contributed by atoms with Crippen LogP contribution in [-0.4, -0.2) is 15.5 Å². The minimum atomic E-state index is -4.38. The summed E-state index contributed by atoms with van der Waals surface area (Å²) >= 11 is 0. The number of para-hydroxylation sites is 1. The van der Waals surface area contributed by atoms with Crippen molar-refractivity contribution in [2.45, 2.75) is 32.0 Å². The second kappa shape index (κ2) is 6.82. The summed E-state index contributed by atoms with van der Waals surface area (Å²) < 4.78 is 40.3. The lowest BCUT2D eigenvalue weighted by atomic mass is 10.00. The highest BCUT2D eigenvalue weighted by Gasteiger charge is 2.30. The number of benzene rings is 2. The molecule has 1 atom stereocenters. The van der Waals surface area contributed by atoms with E-state index in [0.717, 1.165) is 24.1 Å². The minimum absolute atomic E-state index is 0.243. The zero-order chi connectivity index (χ0) is 18.9. The summed E-state index contributed by atoms with van der Waals surface area (Å²) in [5.41, 5.74) is 7.07. The number of nitrogens with zero attached hydrogens (tertiary/aromatic N) is 2. The lowest BCUT2D eigenvalue weighted by molar-refractivity contribution is -0.137. The Morgan fingerprint density at radius 1 is 1.19 bits per heavy atom. The van der Waals surface area contributed by atoms with E-state index in [2.05, 4.69) is 4.98 Å². The highest BCUT2D eigenvalue weighted by atomic mass is 19.4. The topological polar surface area (TPSA) is 60.9 Å². The van der Waals surface area contributed by atoms with E-state index in [0.29, 0.717) is 23.0 Å². The van der Waals surface area contributed by atoms with Crippen molar-refractivity contribution in [2.75, 3.05) is 0 Å². The van der Waals surface area contributed by atoms with Gasteiger partial charge in [0, 0.05) is 0 Å². The van der Waals surface area contributed by atoms with Crippen molar-refractivity contribution in [3.63, 3.8) is 0 Å². The summed E-state index contributed by atoms with van der Waals surface area (Å²) in [6.45, 7) is 1.99. The molecule has 26 heavy (non-hydrogen) atoms. The average molecular weight is 361 g/mol. The number of carbonyl (C=O) groups excluding carboxylic acids is 1. The van der Waals surface area contributed by atoms with E-state index in [-0.39, 0.29) is 6.04 Å². The lowest BCUT2D eigenvalue weighted by Gasteiger charge is -2.21. The van der Waals surface area contributed by atoms with Gasteiger partial charge in [-0.25, -0.2) is 4.98 Å². The van der Waals surface area contributed by atoms with Gasteiger partial charge in [0.1, 0.15) is 0 Å².